The molecule has 1 aromatic rings. The summed E-state index contributed by atoms with van der Waals surface area (Å²) >= 11 is 0. The van der Waals surface area contributed by atoms with Gasteiger partial charge in [0.15, 0.2) is 5.60 Å². The number of benzene rings is 1. The van der Waals surface area contributed by atoms with Gasteiger partial charge in [-0.15, -0.1) is 0 Å². The standard InChI is InChI=1S/C22H29N3O4/c26-20-17-8-1-2-9-19(17)28-12-4-3-10-22(15-23-11-13-29-22)21(27)25-18(14-24-20)16-6-5-7-16/h1-4,8-9,16,18,23H,5-7,10-15H2,(H,24,26)(H,25,27)/b4-3-. The molecule has 1 aromatic carbocycles. The predicted molar refractivity (Wildman–Crippen MR) is 109 cm³/mol. The van der Waals surface area contributed by atoms with Crippen LogP contribution in [-0.4, -0.2) is 56.3 Å². The Bertz CT molecular complexity index is 769. The van der Waals surface area contributed by atoms with Gasteiger partial charge in [-0.2, -0.15) is 0 Å². The summed E-state index contributed by atoms with van der Waals surface area (Å²) in [5.41, 5.74) is -0.420. The molecule has 2 fully saturated rings. The third kappa shape index (κ3) is 4.46. The highest BCUT2D eigenvalue weighted by Crippen LogP contribution is 2.30. The fourth-order valence-electron chi connectivity index (χ4n) is 4.06. The number of hydrogen-bond donors (Lipinski definition) is 3. The lowest BCUT2D eigenvalue weighted by molar-refractivity contribution is -0.151. The van der Waals surface area contributed by atoms with Gasteiger partial charge in [0.2, 0.25) is 0 Å². The monoisotopic (exact) mass is 399 g/mol. The molecule has 2 unspecified atom stereocenters. The van der Waals surface area contributed by atoms with Gasteiger partial charge in [-0.05, 0) is 30.9 Å². The summed E-state index contributed by atoms with van der Waals surface area (Å²) in [4.78, 5) is 26.0. The van der Waals surface area contributed by atoms with Crippen LogP contribution in [0.3, 0.4) is 0 Å². The molecule has 2 heterocycles. The van der Waals surface area contributed by atoms with E-state index in [2.05, 4.69) is 16.0 Å². The second-order valence-corrected chi connectivity index (χ2v) is 7.98. The van der Waals surface area contributed by atoms with Crippen molar-refractivity contribution >= 4 is 11.8 Å². The molecule has 1 saturated carbocycles. The summed E-state index contributed by atoms with van der Waals surface area (Å²) in [6.45, 7) is 2.41. The number of fused-ring (bicyclic) bond motifs is 1. The van der Waals surface area contributed by atoms with Gasteiger partial charge in [-0.1, -0.05) is 30.7 Å². The number of carbonyl (C=O) groups is 2. The van der Waals surface area contributed by atoms with E-state index < -0.39 is 5.60 Å². The van der Waals surface area contributed by atoms with Crippen molar-refractivity contribution in [3.05, 3.63) is 42.0 Å². The first kappa shape index (κ1) is 19.9. The van der Waals surface area contributed by atoms with Crippen LogP contribution >= 0.6 is 0 Å². The second kappa shape index (κ2) is 8.97. The van der Waals surface area contributed by atoms with Crippen LogP contribution in [0.15, 0.2) is 36.4 Å². The van der Waals surface area contributed by atoms with Gasteiger partial charge in [0.05, 0.1) is 12.2 Å². The van der Waals surface area contributed by atoms with Crippen LogP contribution in [-0.2, 0) is 9.53 Å². The van der Waals surface area contributed by atoms with Crippen molar-refractivity contribution in [3.63, 3.8) is 0 Å². The van der Waals surface area contributed by atoms with E-state index in [9.17, 15) is 9.59 Å². The minimum Gasteiger partial charge on any atom is -0.489 e. The van der Waals surface area contributed by atoms with Gasteiger partial charge in [-0.25, -0.2) is 0 Å². The molecule has 0 radical (unpaired) electrons. The number of morpholine rings is 1. The Morgan fingerprint density at radius 2 is 1.97 bits per heavy atom. The number of carbonyl (C=O) groups excluding carboxylic acids is 2. The van der Waals surface area contributed by atoms with Crippen molar-refractivity contribution < 1.29 is 19.1 Å². The molecule has 1 spiro atoms. The Labute approximate surface area is 171 Å². The maximum Gasteiger partial charge on any atom is 0.255 e. The van der Waals surface area contributed by atoms with Crippen LogP contribution in [0.1, 0.15) is 36.0 Å². The molecule has 1 aliphatic carbocycles. The summed E-state index contributed by atoms with van der Waals surface area (Å²) in [7, 11) is 0. The van der Waals surface area contributed by atoms with Crippen LogP contribution in [0.5, 0.6) is 5.75 Å². The van der Waals surface area contributed by atoms with Crippen LogP contribution in [0.4, 0.5) is 0 Å². The average Bonchev–Trinajstić information content (AvgIpc) is 2.70. The Morgan fingerprint density at radius 3 is 2.72 bits per heavy atom. The third-order valence-corrected chi connectivity index (χ3v) is 6.08. The Kier molecular flexibility index (Phi) is 6.16. The van der Waals surface area contributed by atoms with Gasteiger partial charge in [0, 0.05) is 32.1 Å². The van der Waals surface area contributed by atoms with Crippen molar-refractivity contribution in [2.24, 2.45) is 5.92 Å². The second-order valence-electron chi connectivity index (χ2n) is 7.98. The van der Waals surface area contributed by atoms with E-state index in [1.165, 1.54) is 0 Å². The van der Waals surface area contributed by atoms with Crippen LogP contribution in [0.25, 0.3) is 0 Å². The number of nitrogens with one attached hydrogen (secondary N) is 3. The number of para-hydroxylation sites is 1. The Balaban J connectivity index is 1.59. The first-order valence-electron chi connectivity index (χ1n) is 10.5. The Morgan fingerprint density at radius 1 is 1.10 bits per heavy atom. The van der Waals surface area contributed by atoms with Crippen molar-refractivity contribution in [1.82, 2.24) is 16.0 Å². The minimum atomic E-state index is -0.928. The molecule has 29 heavy (non-hydrogen) atoms. The molecule has 2 amide bonds. The lowest BCUT2D eigenvalue weighted by Gasteiger charge is -2.40. The topological polar surface area (TPSA) is 88.7 Å². The van der Waals surface area contributed by atoms with Gasteiger partial charge >= 0.3 is 0 Å². The van der Waals surface area contributed by atoms with Gasteiger partial charge in [-0.3, -0.25) is 9.59 Å². The van der Waals surface area contributed by atoms with Crippen LogP contribution in [0.2, 0.25) is 0 Å². The molecule has 2 atom stereocenters. The van der Waals surface area contributed by atoms with E-state index in [-0.39, 0.29) is 17.9 Å². The molecule has 7 heteroatoms. The zero-order valence-corrected chi connectivity index (χ0v) is 16.6. The number of hydrogen-bond acceptors (Lipinski definition) is 5. The lowest BCUT2D eigenvalue weighted by atomic mass is 9.79. The maximum absolute atomic E-state index is 13.2. The number of amides is 2. The molecule has 0 aromatic heterocycles. The molecule has 7 nitrogen and oxygen atoms in total. The predicted octanol–water partition coefficient (Wildman–Crippen LogP) is 1.40. The zero-order chi connectivity index (χ0) is 20.1. The molecule has 0 bridgehead atoms. The van der Waals surface area contributed by atoms with Gasteiger partial charge in [0.1, 0.15) is 12.4 Å². The summed E-state index contributed by atoms with van der Waals surface area (Å²) in [6.07, 6.45) is 7.56. The quantitative estimate of drug-likeness (QED) is 0.622. The molecule has 156 valence electrons. The molecular weight excluding hydrogens is 370 g/mol. The maximum atomic E-state index is 13.2. The molecule has 1 saturated heterocycles. The van der Waals surface area contributed by atoms with Crippen LogP contribution < -0.4 is 20.7 Å². The van der Waals surface area contributed by atoms with Crippen LogP contribution in [0, 0.1) is 5.92 Å². The number of ether oxygens (including phenoxy) is 2. The van der Waals surface area contributed by atoms with Gasteiger partial charge < -0.3 is 25.4 Å². The van der Waals surface area contributed by atoms with E-state index >= 15 is 0 Å². The fraction of sp³-hybridized carbons (Fsp3) is 0.545. The molecule has 2 aliphatic heterocycles. The summed E-state index contributed by atoms with van der Waals surface area (Å²) in [5, 5.41) is 9.47. The normalized spacial score (nSPS) is 30.1. The Hall–Kier alpha value is -2.38. The van der Waals surface area contributed by atoms with Crippen molar-refractivity contribution in [2.75, 3.05) is 32.8 Å². The smallest absolute Gasteiger partial charge is 0.255 e. The molecule has 3 aliphatic rings. The van der Waals surface area contributed by atoms with Crippen molar-refractivity contribution in [3.8, 4) is 5.75 Å². The van der Waals surface area contributed by atoms with E-state index in [1.807, 2.05) is 24.3 Å². The van der Waals surface area contributed by atoms with Crippen molar-refractivity contribution in [2.45, 2.75) is 37.3 Å². The minimum absolute atomic E-state index is 0.109. The van der Waals surface area contributed by atoms with E-state index in [1.54, 1.807) is 12.1 Å². The summed E-state index contributed by atoms with van der Waals surface area (Å²) < 4.78 is 11.8. The summed E-state index contributed by atoms with van der Waals surface area (Å²) in [6, 6.07) is 7.13. The van der Waals surface area contributed by atoms with Gasteiger partial charge in [0.25, 0.3) is 11.8 Å². The average molecular weight is 399 g/mol. The molecular formula is C22H29N3O4. The van der Waals surface area contributed by atoms with Crippen molar-refractivity contribution in [1.29, 1.82) is 0 Å². The third-order valence-electron chi connectivity index (χ3n) is 6.08. The highest BCUT2D eigenvalue weighted by Gasteiger charge is 2.42. The highest BCUT2D eigenvalue weighted by atomic mass is 16.5. The highest BCUT2D eigenvalue weighted by molar-refractivity contribution is 5.97. The zero-order valence-electron chi connectivity index (χ0n) is 16.6. The van der Waals surface area contributed by atoms with E-state index in [0.29, 0.717) is 50.0 Å². The molecule has 4 rings (SSSR count). The molecule has 3 N–H and O–H groups in total. The summed E-state index contributed by atoms with van der Waals surface area (Å²) in [5.74, 6) is 0.633. The van der Waals surface area contributed by atoms with E-state index in [0.717, 1.165) is 25.8 Å². The first-order chi connectivity index (χ1) is 14.2. The fourth-order valence-corrected chi connectivity index (χ4v) is 4.06. The SMILES string of the molecule is O=C1NCC(C2CCC2)NC(=O)C2(C/C=C\COc3ccccc31)CNCCO2. The van der Waals surface area contributed by atoms with E-state index in [4.69, 9.17) is 9.47 Å². The lowest BCUT2D eigenvalue weighted by Crippen LogP contribution is -2.62. The number of rotatable bonds is 1. The largest absolute Gasteiger partial charge is 0.489 e. The first-order valence-corrected chi connectivity index (χ1v) is 10.5.